The van der Waals surface area contributed by atoms with E-state index >= 15 is 0 Å². The van der Waals surface area contributed by atoms with Crippen LogP contribution in [0, 0.1) is 0 Å². The number of imidazole rings is 2. The van der Waals surface area contributed by atoms with Crippen LogP contribution in [-0.4, -0.2) is 9.13 Å². The second kappa shape index (κ2) is 8.98. The van der Waals surface area contributed by atoms with E-state index in [0.717, 1.165) is 0 Å². The van der Waals surface area contributed by atoms with Gasteiger partial charge in [-0.05, 0) is 39.8 Å². The Balaban J connectivity index is 0.00000144. The van der Waals surface area contributed by atoms with Gasteiger partial charge >= 0.3 is 0 Å². The minimum atomic E-state index is 0. The van der Waals surface area contributed by atoms with E-state index in [0.29, 0.717) is 12.1 Å². The molecule has 2 heterocycles. The fourth-order valence-electron chi connectivity index (χ4n) is 2.47. The molecule has 0 saturated heterocycles. The van der Waals surface area contributed by atoms with Crippen molar-refractivity contribution in [1.82, 2.24) is 9.13 Å². The van der Waals surface area contributed by atoms with Crippen molar-refractivity contribution in [2.45, 2.75) is 39.8 Å². The van der Waals surface area contributed by atoms with Gasteiger partial charge in [-0.3, -0.25) is 0 Å². The molecule has 0 aliphatic carbocycles. The number of hydrogen-bond donors (Lipinski definition) is 0. The topological polar surface area (TPSA) is 17.6 Å². The summed E-state index contributed by atoms with van der Waals surface area (Å²) in [6, 6.07) is 9.51. The Morgan fingerprint density at radius 3 is 1.50 bits per heavy atom. The summed E-state index contributed by atoms with van der Waals surface area (Å²) in [7, 11) is 0. The highest BCUT2D eigenvalue weighted by Gasteiger charge is 2.13. The maximum atomic E-state index is 2.20. The van der Waals surface area contributed by atoms with Crippen LogP contribution in [0.4, 0.5) is 0 Å². The third kappa shape index (κ3) is 4.59. The molecule has 6 heteroatoms. The molecule has 0 atom stereocenters. The molecule has 3 rings (SSSR count). The van der Waals surface area contributed by atoms with Crippen LogP contribution < -0.4 is 57.1 Å². The fraction of sp³-hybridized carbons (Fsp3) is 0.333. The monoisotopic (exact) mass is 550 g/mol. The van der Waals surface area contributed by atoms with E-state index in [4.69, 9.17) is 0 Å². The maximum Gasteiger partial charge on any atom is 0.249 e. The molecule has 0 unspecified atom stereocenters. The lowest BCUT2D eigenvalue weighted by Crippen LogP contribution is -3.00. The lowest BCUT2D eigenvalue weighted by atomic mass is 10.2. The molecule has 0 saturated carbocycles. The SMILES string of the molecule is CC(C)[n+]1ccn(-c2cccc(-n3cc[n+](C(C)C)c3)c2)c1.[I-].[I-]. The van der Waals surface area contributed by atoms with Gasteiger partial charge in [-0.25, -0.2) is 18.3 Å². The van der Waals surface area contributed by atoms with Gasteiger partial charge in [0.1, 0.15) is 36.2 Å². The minimum Gasteiger partial charge on any atom is -1.00 e. The summed E-state index contributed by atoms with van der Waals surface area (Å²) in [6.45, 7) is 8.74. The molecule has 0 fully saturated rings. The number of rotatable bonds is 4. The largest absolute Gasteiger partial charge is 1.00 e. The molecule has 0 bridgehead atoms. The summed E-state index contributed by atoms with van der Waals surface area (Å²) >= 11 is 0. The molecular formula is C18H24I2N4. The Hall–Kier alpha value is -0.900. The van der Waals surface area contributed by atoms with Crippen LogP contribution in [0.15, 0.2) is 61.7 Å². The molecule has 0 amide bonds. The molecule has 0 N–H and O–H groups in total. The van der Waals surface area contributed by atoms with Crippen molar-refractivity contribution in [3.63, 3.8) is 0 Å². The van der Waals surface area contributed by atoms with E-state index in [1.807, 2.05) is 0 Å². The van der Waals surface area contributed by atoms with Crippen molar-refractivity contribution in [3.05, 3.63) is 61.7 Å². The van der Waals surface area contributed by atoms with Crippen LogP contribution in [0.25, 0.3) is 11.4 Å². The van der Waals surface area contributed by atoms with E-state index in [1.54, 1.807) is 0 Å². The smallest absolute Gasteiger partial charge is 0.249 e. The van der Waals surface area contributed by atoms with Crippen LogP contribution in [0.3, 0.4) is 0 Å². The van der Waals surface area contributed by atoms with Gasteiger partial charge in [0.25, 0.3) is 0 Å². The molecule has 0 aliphatic heterocycles. The Morgan fingerprint density at radius 2 is 1.17 bits per heavy atom. The highest BCUT2D eigenvalue weighted by molar-refractivity contribution is 5.43. The summed E-state index contributed by atoms with van der Waals surface area (Å²) in [5.74, 6) is 0. The average Bonchev–Trinajstić information content (AvgIpc) is 3.17. The van der Waals surface area contributed by atoms with E-state index in [1.165, 1.54) is 11.4 Å². The lowest BCUT2D eigenvalue weighted by molar-refractivity contribution is -0.715. The quantitative estimate of drug-likeness (QED) is 0.244. The minimum absolute atomic E-state index is 0. The molecule has 0 radical (unpaired) electrons. The van der Waals surface area contributed by atoms with Crippen LogP contribution in [0.2, 0.25) is 0 Å². The van der Waals surface area contributed by atoms with Crippen LogP contribution in [-0.2, 0) is 0 Å². The van der Waals surface area contributed by atoms with Crippen molar-refractivity contribution in [2.75, 3.05) is 0 Å². The number of nitrogens with zero attached hydrogens (tertiary/aromatic N) is 4. The van der Waals surface area contributed by atoms with E-state index in [9.17, 15) is 0 Å². The van der Waals surface area contributed by atoms with Gasteiger partial charge < -0.3 is 48.0 Å². The molecule has 130 valence electrons. The summed E-state index contributed by atoms with van der Waals surface area (Å²) in [5, 5.41) is 0. The predicted molar refractivity (Wildman–Crippen MR) is 86.3 cm³/mol. The zero-order chi connectivity index (χ0) is 15.7. The molecule has 1 aromatic carbocycles. The Bertz CT molecular complexity index is 713. The number of aromatic nitrogens is 4. The third-order valence-electron chi connectivity index (χ3n) is 3.93. The molecule has 3 aromatic rings. The van der Waals surface area contributed by atoms with Crippen LogP contribution >= 0.6 is 0 Å². The molecule has 24 heavy (non-hydrogen) atoms. The van der Waals surface area contributed by atoms with Crippen LogP contribution in [0.5, 0.6) is 0 Å². The molecular weight excluding hydrogens is 526 g/mol. The van der Waals surface area contributed by atoms with Gasteiger partial charge in [0.15, 0.2) is 0 Å². The standard InChI is InChI=1S/C18H24N4.2HI/c1-15(2)19-8-10-21(13-19)17-6-5-7-18(12-17)22-11-9-20(14-22)16(3)4;;/h5-16H,1-4H3;2*1H/q+2;;/p-2. The highest BCUT2D eigenvalue weighted by atomic mass is 127. The lowest BCUT2D eigenvalue weighted by Gasteiger charge is -2.01. The number of benzene rings is 1. The van der Waals surface area contributed by atoms with E-state index in [2.05, 4.69) is 108 Å². The Labute approximate surface area is 178 Å². The zero-order valence-corrected chi connectivity index (χ0v) is 18.8. The van der Waals surface area contributed by atoms with Crippen molar-refractivity contribution >= 4 is 0 Å². The predicted octanol–water partition coefficient (Wildman–Crippen LogP) is -2.99. The second-order valence-corrected chi connectivity index (χ2v) is 6.24. The Kier molecular flexibility index (Phi) is 7.91. The fourth-order valence-corrected chi connectivity index (χ4v) is 2.47. The van der Waals surface area contributed by atoms with Gasteiger partial charge in [0, 0.05) is 6.07 Å². The first-order valence-corrected chi connectivity index (χ1v) is 7.83. The van der Waals surface area contributed by atoms with E-state index in [-0.39, 0.29) is 48.0 Å². The first-order chi connectivity index (χ1) is 10.5. The van der Waals surface area contributed by atoms with Gasteiger partial charge in [-0.1, -0.05) is 6.07 Å². The normalized spacial score (nSPS) is 10.6. The molecule has 0 aliphatic rings. The van der Waals surface area contributed by atoms with Gasteiger partial charge in [0.2, 0.25) is 12.7 Å². The van der Waals surface area contributed by atoms with Gasteiger partial charge in [0.05, 0.1) is 12.1 Å². The first kappa shape index (κ1) is 21.1. The summed E-state index contributed by atoms with van der Waals surface area (Å²) in [5.41, 5.74) is 2.34. The van der Waals surface area contributed by atoms with E-state index < -0.39 is 0 Å². The summed E-state index contributed by atoms with van der Waals surface area (Å²) in [4.78, 5) is 0. The maximum absolute atomic E-state index is 2.20. The number of halogens is 2. The van der Waals surface area contributed by atoms with Gasteiger partial charge in [-0.2, -0.15) is 0 Å². The van der Waals surface area contributed by atoms with Gasteiger partial charge in [-0.15, -0.1) is 0 Å². The van der Waals surface area contributed by atoms with Crippen LogP contribution in [0.1, 0.15) is 39.8 Å². The molecule has 4 nitrogen and oxygen atoms in total. The van der Waals surface area contributed by atoms with Crippen molar-refractivity contribution in [2.24, 2.45) is 0 Å². The highest BCUT2D eigenvalue weighted by Crippen LogP contribution is 2.14. The first-order valence-electron chi connectivity index (χ1n) is 7.83. The molecule has 0 spiro atoms. The third-order valence-corrected chi connectivity index (χ3v) is 3.93. The summed E-state index contributed by atoms with van der Waals surface area (Å²) in [6.07, 6.45) is 12.7. The van der Waals surface area contributed by atoms with Crippen molar-refractivity contribution in [1.29, 1.82) is 0 Å². The zero-order valence-electron chi connectivity index (χ0n) is 14.5. The Morgan fingerprint density at radius 1 is 0.750 bits per heavy atom. The van der Waals surface area contributed by atoms with Crippen molar-refractivity contribution < 1.29 is 57.1 Å². The number of hydrogen-bond acceptors (Lipinski definition) is 0. The second-order valence-electron chi connectivity index (χ2n) is 6.24. The van der Waals surface area contributed by atoms with Crippen molar-refractivity contribution in [3.8, 4) is 11.4 Å². The summed E-state index contributed by atoms with van der Waals surface area (Å²) < 4.78 is 8.72. The average molecular weight is 550 g/mol. The molecule has 2 aromatic heterocycles.